The average molecular weight is 304 g/mol. The Kier molecular flexibility index (Phi) is 3.05. The molecule has 3 heteroatoms. The number of nitrogens with zero attached hydrogens (tertiary/aromatic N) is 2. The number of anilines is 1. The SMILES string of the molecule is C=C(C)N1Cc2c(cccc2-c2ccc3c(c2)CCN3C)C1=O. The number of hydrogen-bond donors (Lipinski definition) is 0. The molecule has 0 saturated heterocycles. The Morgan fingerprint density at radius 1 is 1.17 bits per heavy atom. The molecule has 0 bridgehead atoms. The minimum absolute atomic E-state index is 0.0650. The molecule has 0 radical (unpaired) electrons. The van der Waals surface area contributed by atoms with Gasteiger partial charge in [0.25, 0.3) is 5.91 Å². The van der Waals surface area contributed by atoms with Gasteiger partial charge >= 0.3 is 0 Å². The first-order valence-corrected chi connectivity index (χ1v) is 8.00. The Morgan fingerprint density at radius 2 is 1.96 bits per heavy atom. The quantitative estimate of drug-likeness (QED) is 0.841. The van der Waals surface area contributed by atoms with Crippen LogP contribution in [0, 0.1) is 0 Å². The van der Waals surface area contributed by atoms with E-state index >= 15 is 0 Å². The van der Waals surface area contributed by atoms with E-state index in [1.165, 1.54) is 16.8 Å². The van der Waals surface area contributed by atoms with E-state index in [1.54, 1.807) is 4.90 Å². The van der Waals surface area contributed by atoms with Crippen molar-refractivity contribution in [3.05, 3.63) is 65.4 Å². The minimum atomic E-state index is 0.0650. The molecule has 2 aromatic rings. The molecule has 0 aromatic heterocycles. The van der Waals surface area contributed by atoms with Crippen LogP contribution in [0.2, 0.25) is 0 Å². The maximum Gasteiger partial charge on any atom is 0.258 e. The second-order valence-corrected chi connectivity index (χ2v) is 6.47. The van der Waals surface area contributed by atoms with Crippen molar-refractivity contribution in [3.63, 3.8) is 0 Å². The highest BCUT2D eigenvalue weighted by Crippen LogP contribution is 2.37. The number of benzene rings is 2. The molecular formula is C20H20N2O. The third kappa shape index (κ3) is 2.07. The number of carbonyl (C=O) groups excluding carboxylic acids is 1. The third-order valence-corrected chi connectivity index (χ3v) is 4.95. The summed E-state index contributed by atoms with van der Waals surface area (Å²) in [6, 6.07) is 12.7. The third-order valence-electron chi connectivity index (χ3n) is 4.95. The van der Waals surface area contributed by atoms with Gasteiger partial charge in [-0.15, -0.1) is 0 Å². The van der Waals surface area contributed by atoms with Crippen molar-refractivity contribution in [2.45, 2.75) is 19.9 Å². The van der Waals surface area contributed by atoms with Crippen LogP contribution in [0.3, 0.4) is 0 Å². The predicted molar refractivity (Wildman–Crippen MR) is 93.5 cm³/mol. The van der Waals surface area contributed by atoms with Gasteiger partial charge < -0.3 is 9.80 Å². The van der Waals surface area contributed by atoms with E-state index in [1.807, 2.05) is 19.1 Å². The predicted octanol–water partition coefficient (Wildman–Crippen LogP) is 3.84. The number of rotatable bonds is 2. The average Bonchev–Trinajstić information content (AvgIpc) is 3.08. The van der Waals surface area contributed by atoms with Crippen molar-refractivity contribution in [1.82, 2.24) is 4.90 Å². The summed E-state index contributed by atoms with van der Waals surface area (Å²) in [6.45, 7) is 7.51. The fraction of sp³-hybridized carbons (Fsp3) is 0.250. The molecule has 0 spiro atoms. The molecule has 116 valence electrons. The normalized spacial score (nSPS) is 15.8. The number of carbonyl (C=O) groups is 1. The van der Waals surface area contributed by atoms with Crippen LogP contribution in [-0.2, 0) is 13.0 Å². The number of allylic oxidation sites excluding steroid dienone is 1. The first kappa shape index (κ1) is 14.1. The molecular weight excluding hydrogens is 284 g/mol. The van der Waals surface area contributed by atoms with Gasteiger partial charge in [0.15, 0.2) is 0 Å². The van der Waals surface area contributed by atoms with Crippen molar-refractivity contribution in [3.8, 4) is 11.1 Å². The Morgan fingerprint density at radius 3 is 2.74 bits per heavy atom. The van der Waals surface area contributed by atoms with Crippen LogP contribution < -0.4 is 4.90 Å². The van der Waals surface area contributed by atoms with E-state index < -0.39 is 0 Å². The number of amides is 1. The largest absolute Gasteiger partial charge is 0.374 e. The Labute approximate surface area is 136 Å². The number of hydrogen-bond acceptors (Lipinski definition) is 2. The first-order valence-electron chi connectivity index (χ1n) is 8.00. The molecule has 0 fully saturated rings. The fourth-order valence-electron chi connectivity index (χ4n) is 3.65. The molecule has 1 amide bonds. The van der Waals surface area contributed by atoms with Crippen molar-refractivity contribution in [1.29, 1.82) is 0 Å². The van der Waals surface area contributed by atoms with E-state index in [0.29, 0.717) is 6.54 Å². The molecule has 2 aliphatic heterocycles. The summed E-state index contributed by atoms with van der Waals surface area (Å²) in [5, 5.41) is 0. The van der Waals surface area contributed by atoms with Crippen LogP contribution in [0.25, 0.3) is 11.1 Å². The summed E-state index contributed by atoms with van der Waals surface area (Å²) in [5.41, 5.74) is 7.80. The van der Waals surface area contributed by atoms with Crippen molar-refractivity contribution >= 4 is 11.6 Å². The lowest BCUT2D eigenvalue weighted by molar-refractivity contribution is 0.0827. The van der Waals surface area contributed by atoms with Crippen LogP contribution in [0.5, 0.6) is 0 Å². The molecule has 0 aliphatic carbocycles. The second kappa shape index (κ2) is 4.98. The summed E-state index contributed by atoms with van der Waals surface area (Å²) >= 11 is 0. The van der Waals surface area contributed by atoms with Crippen LogP contribution in [0.1, 0.15) is 28.4 Å². The fourth-order valence-corrected chi connectivity index (χ4v) is 3.65. The van der Waals surface area contributed by atoms with Gasteiger partial charge in [-0.25, -0.2) is 0 Å². The van der Waals surface area contributed by atoms with Gasteiger partial charge in [0.05, 0.1) is 6.54 Å². The summed E-state index contributed by atoms with van der Waals surface area (Å²) in [5.74, 6) is 0.0650. The van der Waals surface area contributed by atoms with Crippen molar-refractivity contribution in [2.75, 3.05) is 18.5 Å². The van der Waals surface area contributed by atoms with E-state index in [0.717, 1.165) is 35.4 Å². The second-order valence-electron chi connectivity index (χ2n) is 6.47. The van der Waals surface area contributed by atoms with Crippen molar-refractivity contribution in [2.24, 2.45) is 0 Å². The van der Waals surface area contributed by atoms with Gasteiger partial charge in [-0.3, -0.25) is 4.79 Å². The number of fused-ring (bicyclic) bond motifs is 2. The van der Waals surface area contributed by atoms with E-state index in [-0.39, 0.29) is 5.91 Å². The van der Waals surface area contributed by atoms with Crippen LogP contribution in [0.4, 0.5) is 5.69 Å². The maximum absolute atomic E-state index is 12.5. The van der Waals surface area contributed by atoms with Crippen molar-refractivity contribution < 1.29 is 4.79 Å². The Bertz CT molecular complexity index is 838. The highest BCUT2D eigenvalue weighted by atomic mass is 16.2. The molecule has 2 aromatic carbocycles. The maximum atomic E-state index is 12.5. The van der Waals surface area contributed by atoms with Crippen LogP contribution >= 0.6 is 0 Å². The molecule has 23 heavy (non-hydrogen) atoms. The molecule has 0 N–H and O–H groups in total. The van der Waals surface area contributed by atoms with Crippen LogP contribution in [0.15, 0.2) is 48.7 Å². The van der Waals surface area contributed by atoms with Gasteiger partial charge in [-0.05, 0) is 53.8 Å². The summed E-state index contributed by atoms with van der Waals surface area (Å²) in [4.78, 5) is 16.6. The van der Waals surface area contributed by atoms with Gasteiger partial charge in [0, 0.05) is 30.5 Å². The zero-order valence-corrected chi connectivity index (χ0v) is 13.6. The summed E-state index contributed by atoms with van der Waals surface area (Å²) < 4.78 is 0. The lowest BCUT2D eigenvalue weighted by atomic mass is 9.95. The summed E-state index contributed by atoms with van der Waals surface area (Å²) in [7, 11) is 2.13. The lowest BCUT2D eigenvalue weighted by Crippen LogP contribution is -2.20. The van der Waals surface area contributed by atoms with Gasteiger partial charge in [-0.2, -0.15) is 0 Å². The molecule has 0 unspecified atom stereocenters. The Hall–Kier alpha value is -2.55. The van der Waals surface area contributed by atoms with Gasteiger partial charge in [-0.1, -0.05) is 24.8 Å². The molecule has 2 aliphatic rings. The van der Waals surface area contributed by atoms with Gasteiger partial charge in [0.2, 0.25) is 0 Å². The topological polar surface area (TPSA) is 23.6 Å². The minimum Gasteiger partial charge on any atom is -0.374 e. The standard InChI is InChI=1S/C20H20N2O/c1-13(2)22-12-18-16(5-4-6-17(18)20(22)23)14-7-8-19-15(11-14)9-10-21(19)3/h4-8,11H,1,9-10,12H2,2-3H3. The van der Waals surface area contributed by atoms with E-state index in [9.17, 15) is 4.79 Å². The highest BCUT2D eigenvalue weighted by Gasteiger charge is 2.30. The highest BCUT2D eigenvalue weighted by molar-refractivity contribution is 6.01. The lowest BCUT2D eigenvalue weighted by Gasteiger charge is -2.15. The Balaban J connectivity index is 1.81. The van der Waals surface area contributed by atoms with E-state index in [2.05, 4.69) is 42.8 Å². The molecule has 0 saturated carbocycles. The summed E-state index contributed by atoms with van der Waals surface area (Å²) in [6.07, 6.45) is 1.09. The smallest absolute Gasteiger partial charge is 0.258 e. The zero-order chi connectivity index (χ0) is 16.1. The number of likely N-dealkylation sites (N-methyl/N-ethyl adjacent to an activating group) is 1. The monoisotopic (exact) mass is 304 g/mol. The first-order chi connectivity index (χ1) is 11.1. The zero-order valence-electron chi connectivity index (χ0n) is 13.6. The molecule has 2 heterocycles. The van der Waals surface area contributed by atoms with Crippen LogP contribution in [-0.4, -0.2) is 24.4 Å². The van der Waals surface area contributed by atoms with Gasteiger partial charge in [0.1, 0.15) is 0 Å². The molecule has 3 nitrogen and oxygen atoms in total. The van der Waals surface area contributed by atoms with E-state index in [4.69, 9.17) is 0 Å². The molecule has 0 atom stereocenters. The molecule has 4 rings (SSSR count).